The molecule has 136 valence electrons. The summed E-state index contributed by atoms with van der Waals surface area (Å²) in [7, 11) is 0. The SMILES string of the molecule is CCOC(=O)N/N=C1\CCCc2oc(C(=O)Oc3ccccc3)c(C)c21. The second kappa shape index (κ2) is 7.86. The average molecular weight is 356 g/mol. The van der Waals surface area contributed by atoms with Gasteiger partial charge in [0.1, 0.15) is 11.5 Å². The van der Waals surface area contributed by atoms with Gasteiger partial charge >= 0.3 is 12.1 Å². The molecular formula is C19H20N2O5. The first kappa shape index (κ1) is 17.7. The Morgan fingerprint density at radius 1 is 1.23 bits per heavy atom. The first-order valence-corrected chi connectivity index (χ1v) is 8.49. The molecule has 1 heterocycles. The lowest BCUT2D eigenvalue weighted by molar-refractivity contribution is 0.0698. The molecule has 0 radical (unpaired) electrons. The highest BCUT2D eigenvalue weighted by Crippen LogP contribution is 2.30. The Hall–Kier alpha value is -3.09. The number of para-hydroxylation sites is 1. The number of nitrogens with zero attached hydrogens (tertiary/aromatic N) is 1. The van der Waals surface area contributed by atoms with Crippen LogP contribution >= 0.6 is 0 Å². The van der Waals surface area contributed by atoms with Crippen molar-refractivity contribution in [3.05, 3.63) is 53.0 Å². The number of esters is 1. The summed E-state index contributed by atoms with van der Waals surface area (Å²) in [4.78, 5) is 23.9. The molecule has 2 aromatic rings. The van der Waals surface area contributed by atoms with Gasteiger partial charge in [-0.25, -0.2) is 15.0 Å². The minimum absolute atomic E-state index is 0.157. The Morgan fingerprint density at radius 2 is 2.00 bits per heavy atom. The van der Waals surface area contributed by atoms with Crippen LogP contribution in [0.15, 0.2) is 39.9 Å². The molecule has 1 aliphatic rings. The maximum Gasteiger partial charge on any atom is 0.427 e. The summed E-state index contributed by atoms with van der Waals surface area (Å²) in [6.45, 7) is 3.77. The number of furan rings is 1. The lowest BCUT2D eigenvalue weighted by atomic mass is 9.93. The Labute approximate surface area is 151 Å². The van der Waals surface area contributed by atoms with Crippen LogP contribution in [0, 0.1) is 6.92 Å². The number of aryl methyl sites for hydroxylation is 1. The van der Waals surface area contributed by atoms with E-state index in [-0.39, 0.29) is 12.4 Å². The van der Waals surface area contributed by atoms with Crippen molar-refractivity contribution in [3.63, 3.8) is 0 Å². The van der Waals surface area contributed by atoms with Gasteiger partial charge in [0, 0.05) is 17.5 Å². The molecule has 1 amide bonds. The highest BCUT2D eigenvalue weighted by molar-refractivity contribution is 6.06. The van der Waals surface area contributed by atoms with E-state index in [1.54, 1.807) is 38.1 Å². The molecule has 7 heteroatoms. The minimum atomic E-state index is -0.614. The number of hydrogen-bond donors (Lipinski definition) is 1. The van der Waals surface area contributed by atoms with Gasteiger partial charge in [-0.2, -0.15) is 5.10 Å². The smallest absolute Gasteiger partial charge is 0.427 e. The van der Waals surface area contributed by atoms with Crippen molar-refractivity contribution in [2.75, 3.05) is 6.61 Å². The van der Waals surface area contributed by atoms with E-state index in [0.29, 0.717) is 35.6 Å². The van der Waals surface area contributed by atoms with E-state index in [2.05, 4.69) is 10.5 Å². The third-order valence-electron chi connectivity index (χ3n) is 4.02. The van der Waals surface area contributed by atoms with Crippen molar-refractivity contribution in [3.8, 4) is 5.75 Å². The van der Waals surface area contributed by atoms with E-state index in [4.69, 9.17) is 13.9 Å². The largest absolute Gasteiger partial charge is 0.453 e. The molecule has 1 N–H and O–H groups in total. The number of carbonyl (C=O) groups is 2. The van der Waals surface area contributed by atoms with Gasteiger partial charge in [-0.1, -0.05) is 18.2 Å². The van der Waals surface area contributed by atoms with Crippen LogP contribution in [0.1, 0.15) is 47.2 Å². The van der Waals surface area contributed by atoms with Crippen LogP contribution in [0.25, 0.3) is 0 Å². The molecule has 0 unspecified atom stereocenters. The van der Waals surface area contributed by atoms with Crippen molar-refractivity contribution < 1.29 is 23.5 Å². The van der Waals surface area contributed by atoms with Crippen molar-refractivity contribution in [2.45, 2.75) is 33.1 Å². The topological polar surface area (TPSA) is 90.1 Å². The van der Waals surface area contributed by atoms with Crippen LogP contribution in [-0.4, -0.2) is 24.4 Å². The van der Waals surface area contributed by atoms with E-state index in [1.165, 1.54) is 0 Å². The number of fused-ring (bicyclic) bond motifs is 1. The number of hydrogen-bond acceptors (Lipinski definition) is 6. The number of carbonyl (C=O) groups excluding carboxylic acids is 2. The molecule has 1 aromatic heterocycles. The molecule has 0 saturated carbocycles. The fourth-order valence-electron chi connectivity index (χ4n) is 2.89. The summed E-state index contributed by atoms with van der Waals surface area (Å²) in [5, 5.41) is 4.14. The molecule has 0 aliphatic heterocycles. The zero-order valence-corrected chi connectivity index (χ0v) is 14.7. The van der Waals surface area contributed by atoms with Crippen LogP contribution in [-0.2, 0) is 11.2 Å². The number of amides is 1. The van der Waals surface area contributed by atoms with E-state index in [0.717, 1.165) is 12.0 Å². The molecule has 7 nitrogen and oxygen atoms in total. The molecule has 0 atom stereocenters. The maximum absolute atomic E-state index is 12.5. The average Bonchev–Trinajstić information content (AvgIpc) is 2.99. The predicted octanol–water partition coefficient (Wildman–Crippen LogP) is 3.59. The van der Waals surface area contributed by atoms with E-state index < -0.39 is 12.1 Å². The summed E-state index contributed by atoms with van der Waals surface area (Å²) < 4.78 is 15.9. The number of benzene rings is 1. The number of ether oxygens (including phenoxy) is 2. The highest BCUT2D eigenvalue weighted by Gasteiger charge is 2.29. The Balaban J connectivity index is 1.84. The number of nitrogens with one attached hydrogen (secondary N) is 1. The van der Waals surface area contributed by atoms with E-state index in [1.807, 2.05) is 6.07 Å². The van der Waals surface area contributed by atoms with Crippen LogP contribution in [0.3, 0.4) is 0 Å². The zero-order chi connectivity index (χ0) is 18.5. The number of rotatable bonds is 4. The third-order valence-corrected chi connectivity index (χ3v) is 4.02. The summed E-state index contributed by atoms with van der Waals surface area (Å²) >= 11 is 0. The van der Waals surface area contributed by atoms with E-state index in [9.17, 15) is 9.59 Å². The molecule has 0 bridgehead atoms. The molecule has 0 saturated heterocycles. The van der Waals surface area contributed by atoms with Crippen LogP contribution < -0.4 is 10.2 Å². The maximum atomic E-state index is 12.5. The minimum Gasteiger partial charge on any atom is -0.453 e. The molecule has 26 heavy (non-hydrogen) atoms. The summed E-state index contributed by atoms with van der Waals surface area (Å²) in [6, 6.07) is 8.81. The lowest BCUT2D eigenvalue weighted by Gasteiger charge is -2.13. The quantitative estimate of drug-likeness (QED) is 0.514. The summed E-state index contributed by atoms with van der Waals surface area (Å²) in [5.74, 6) is 0.729. The van der Waals surface area contributed by atoms with Crippen molar-refractivity contribution in [1.29, 1.82) is 0 Å². The van der Waals surface area contributed by atoms with Gasteiger partial charge in [0.25, 0.3) is 0 Å². The lowest BCUT2D eigenvalue weighted by Crippen LogP contribution is -2.22. The summed E-state index contributed by atoms with van der Waals surface area (Å²) in [5.41, 5.74) is 4.45. The molecule has 0 spiro atoms. The molecule has 1 aromatic carbocycles. The molecule has 3 rings (SSSR count). The first-order chi connectivity index (χ1) is 12.6. The van der Waals surface area contributed by atoms with Gasteiger partial charge in [-0.3, -0.25) is 0 Å². The van der Waals surface area contributed by atoms with Gasteiger partial charge in [0.2, 0.25) is 5.76 Å². The fourth-order valence-corrected chi connectivity index (χ4v) is 2.89. The van der Waals surface area contributed by atoms with Crippen LogP contribution in [0.4, 0.5) is 4.79 Å². The Morgan fingerprint density at radius 3 is 2.73 bits per heavy atom. The second-order valence-corrected chi connectivity index (χ2v) is 5.80. The van der Waals surface area contributed by atoms with Crippen molar-refractivity contribution in [1.82, 2.24) is 5.43 Å². The third kappa shape index (κ3) is 3.77. The van der Waals surface area contributed by atoms with E-state index >= 15 is 0 Å². The summed E-state index contributed by atoms with van der Waals surface area (Å²) in [6.07, 6.45) is 1.58. The zero-order valence-electron chi connectivity index (χ0n) is 14.7. The molecule has 0 fully saturated rings. The highest BCUT2D eigenvalue weighted by atomic mass is 16.6. The number of hydrazone groups is 1. The first-order valence-electron chi connectivity index (χ1n) is 8.49. The molecule has 1 aliphatic carbocycles. The van der Waals surface area contributed by atoms with Gasteiger partial charge in [-0.15, -0.1) is 0 Å². The van der Waals surface area contributed by atoms with Crippen LogP contribution in [0.5, 0.6) is 5.75 Å². The second-order valence-electron chi connectivity index (χ2n) is 5.80. The van der Waals surface area contributed by atoms with Crippen molar-refractivity contribution >= 4 is 17.8 Å². The fraction of sp³-hybridized carbons (Fsp3) is 0.316. The Bertz CT molecular complexity index is 839. The van der Waals surface area contributed by atoms with Gasteiger partial charge in [-0.05, 0) is 38.8 Å². The molecular weight excluding hydrogens is 336 g/mol. The Kier molecular flexibility index (Phi) is 5.36. The predicted molar refractivity (Wildman–Crippen MR) is 94.5 cm³/mol. The monoisotopic (exact) mass is 356 g/mol. The van der Waals surface area contributed by atoms with Crippen molar-refractivity contribution in [2.24, 2.45) is 5.10 Å². The van der Waals surface area contributed by atoms with Gasteiger partial charge in [0.05, 0.1) is 12.3 Å². The van der Waals surface area contributed by atoms with Crippen LogP contribution in [0.2, 0.25) is 0 Å². The van der Waals surface area contributed by atoms with Gasteiger partial charge in [0.15, 0.2) is 0 Å². The normalized spacial score (nSPS) is 14.6. The van der Waals surface area contributed by atoms with Gasteiger partial charge < -0.3 is 13.9 Å². The standard InChI is InChI=1S/C19H20N2O5/c1-3-24-19(23)21-20-14-10-7-11-15-16(14)12(2)17(26-15)18(22)25-13-8-5-4-6-9-13/h4-6,8-9H,3,7,10-11H2,1-2H3,(H,21,23)/b20-14+.